The number of Topliss-reactive ketones (excluding diaryl/α,β-unsaturated/α-hetero) is 1. The Morgan fingerprint density at radius 3 is 2.96 bits per heavy atom. The van der Waals surface area contributed by atoms with E-state index in [1.165, 1.54) is 0 Å². The number of hydrogen-bond acceptors (Lipinski definition) is 5. The van der Waals surface area contributed by atoms with Gasteiger partial charge in [-0.2, -0.15) is 10.2 Å². The summed E-state index contributed by atoms with van der Waals surface area (Å²) in [6, 6.07) is 8.05. The molecule has 0 saturated carbocycles. The first kappa shape index (κ1) is 16.1. The molecule has 1 unspecified atom stereocenters. The Bertz CT molecular complexity index is 824. The van der Waals surface area contributed by atoms with Crippen LogP contribution in [0.15, 0.2) is 57.5 Å². The van der Waals surface area contributed by atoms with E-state index in [-0.39, 0.29) is 11.9 Å². The zero-order chi connectivity index (χ0) is 17.6. The third-order valence-corrected chi connectivity index (χ3v) is 5.66. The summed E-state index contributed by atoms with van der Waals surface area (Å²) in [6.45, 7) is 4.26. The number of nitrogens with one attached hydrogen (secondary N) is 1. The first-order valence-electron chi connectivity index (χ1n) is 8.88. The van der Waals surface area contributed by atoms with Crippen molar-refractivity contribution < 1.29 is 9.53 Å². The fraction of sp³-hybridized carbons (Fsp3) is 0.450. The van der Waals surface area contributed by atoms with Crippen molar-refractivity contribution in [1.29, 1.82) is 0 Å². The van der Waals surface area contributed by atoms with Gasteiger partial charge in [0.05, 0.1) is 18.7 Å². The highest BCUT2D eigenvalue weighted by atomic mass is 16.5. The van der Waals surface area contributed by atoms with Gasteiger partial charge in [-0.25, -0.2) is 0 Å². The van der Waals surface area contributed by atoms with E-state index >= 15 is 0 Å². The van der Waals surface area contributed by atoms with Gasteiger partial charge in [0, 0.05) is 23.3 Å². The summed E-state index contributed by atoms with van der Waals surface area (Å²) in [7, 11) is 1.67. The molecule has 0 bridgehead atoms. The SMILES string of the molecule is CC[C@@]1(c2cccc(OC)c2)C2=CN=NC2NC2=C1C(=O)C[C@H](C)C2. The molecular weight excluding hydrogens is 314 g/mol. The van der Waals surface area contributed by atoms with Crippen molar-refractivity contribution in [3.05, 3.63) is 52.9 Å². The van der Waals surface area contributed by atoms with Crippen LogP contribution in [0.3, 0.4) is 0 Å². The Balaban J connectivity index is 1.98. The minimum absolute atomic E-state index is 0.178. The zero-order valence-electron chi connectivity index (χ0n) is 14.9. The second-order valence-electron chi connectivity index (χ2n) is 7.14. The number of carbonyl (C=O) groups is 1. The van der Waals surface area contributed by atoms with Gasteiger partial charge in [0.2, 0.25) is 0 Å². The van der Waals surface area contributed by atoms with Crippen molar-refractivity contribution in [2.45, 2.75) is 44.7 Å². The normalized spacial score (nSPS) is 30.5. The van der Waals surface area contributed by atoms with E-state index in [1.54, 1.807) is 7.11 Å². The minimum atomic E-state index is -0.486. The van der Waals surface area contributed by atoms with E-state index < -0.39 is 5.41 Å². The second-order valence-corrected chi connectivity index (χ2v) is 7.14. The highest BCUT2D eigenvalue weighted by Gasteiger charge is 2.51. The van der Waals surface area contributed by atoms with E-state index in [9.17, 15) is 4.79 Å². The van der Waals surface area contributed by atoms with Gasteiger partial charge in [-0.3, -0.25) is 4.79 Å². The van der Waals surface area contributed by atoms with Crippen LogP contribution in [0.2, 0.25) is 0 Å². The van der Waals surface area contributed by atoms with Crippen molar-refractivity contribution in [3.8, 4) is 5.75 Å². The number of rotatable bonds is 3. The molecule has 0 aromatic heterocycles. The van der Waals surface area contributed by atoms with Crippen LogP contribution in [0.1, 0.15) is 38.7 Å². The predicted octanol–water partition coefficient (Wildman–Crippen LogP) is 3.88. The smallest absolute Gasteiger partial charge is 0.164 e. The van der Waals surface area contributed by atoms with E-state index in [0.717, 1.165) is 41.0 Å². The molecular formula is C20H23N3O2. The fourth-order valence-corrected chi connectivity index (χ4v) is 4.58. The molecule has 4 rings (SSSR count). The first-order valence-corrected chi connectivity index (χ1v) is 8.88. The Labute approximate surface area is 147 Å². The van der Waals surface area contributed by atoms with Crippen LogP contribution in [0.4, 0.5) is 0 Å². The number of carbonyl (C=O) groups excluding carboxylic acids is 1. The maximum atomic E-state index is 13.1. The molecule has 5 nitrogen and oxygen atoms in total. The molecule has 3 atom stereocenters. The monoisotopic (exact) mass is 337 g/mol. The number of nitrogens with zero attached hydrogens (tertiary/aromatic N) is 2. The average molecular weight is 337 g/mol. The van der Waals surface area contributed by atoms with Gasteiger partial charge < -0.3 is 10.1 Å². The molecule has 130 valence electrons. The Kier molecular flexibility index (Phi) is 3.74. The molecule has 0 fully saturated rings. The number of ketones is 1. The summed E-state index contributed by atoms with van der Waals surface area (Å²) in [4.78, 5) is 13.1. The number of fused-ring (bicyclic) bond motifs is 1. The lowest BCUT2D eigenvalue weighted by molar-refractivity contribution is -0.117. The summed E-state index contributed by atoms with van der Waals surface area (Å²) < 4.78 is 5.44. The lowest BCUT2D eigenvalue weighted by atomic mass is 9.60. The molecule has 3 aliphatic rings. The molecule has 0 radical (unpaired) electrons. The molecule has 0 saturated heterocycles. The molecule has 1 N–H and O–H groups in total. The third-order valence-electron chi connectivity index (χ3n) is 5.66. The number of methoxy groups -OCH3 is 1. The Morgan fingerprint density at radius 2 is 2.20 bits per heavy atom. The van der Waals surface area contributed by atoms with Crippen molar-refractivity contribution in [2.24, 2.45) is 16.1 Å². The second kappa shape index (κ2) is 5.83. The van der Waals surface area contributed by atoms with Crippen LogP contribution in [0.25, 0.3) is 0 Å². The van der Waals surface area contributed by atoms with Crippen LogP contribution in [-0.2, 0) is 10.2 Å². The quantitative estimate of drug-likeness (QED) is 0.910. The molecule has 2 heterocycles. The summed E-state index contributed by atoms with van der Waals surface area (Å²) in [5.74, 6) is 1.38. The van der Waals surface area contributed by atoms with Gasteiger partial charge in [-0.15, -0.1) is 0 Å². The first-order chi connectivity index (χ1) is 12.1. The molecule has 1 aromatic carbocycles. The van der Waals surface area contributed by atoms with Crippen LogP contribution in [0, 0.1) is 5.92 Å². The van der Waals surface area contributed by atoms with E-state index in [0.29, 0.717) is 12.3 Å². The fourth-order valence-electron chi connectivity index (χ4n) is 4.58. The largest absolute Gasteiger partial charge is 0.497 e. The van der Waals surface area contributed by atoms with E-state index in [1.807, 2.05) is 24.4 Å². The Hall–Kier alpha value is -2.43. The van der Waals surface area contributed by atoms with Gasteiger partial charge >= 0.3 is 0 Å². The lowest BCUT2D eigenvalue weighted by Crippen LogP contribution is -2.50. The van der Waals surface area contributed by atoms with Gasteiger partial charge in [0.1, 0.15) is 5.75 Å². The van der Waals surface area contributed by atoms with Crippen LogP contribution < -0.4 is 10.1 Å². The van der Waals surface area contributed by atoms with Gasteiger partial charge in [-0.05, 0) is 36.5 Å². The van der Waals surface area contributed by atoms with Crippen LogP contribution in [0.5, 0.6) is 5.75 Å². The van der Waals surface area contributed by atoms with E-state index in [2.05, 4.69) is 35.5 Å². The van der Waals surface area contributed by atoms with Gasteiger partial charge in [0.15, 0.2) is 11.9 Å². The molecule has 25 heavy (non-hydrogen) atoms. The van der Waals surface area contributed by atoms with Crippen molar-refractivity contribution in [1.82, 2.24) is 5.32 Å². The third kappa shape index (κ3) is 2.25. The minimum Gasteiger partial charge on any atom is -0.497 e. The summed E-state index contributed by atoms with van der Waals surface area (Å²) in [5, 5.41) is 12.0. The molecule has 5 heteroatoms. The molecule has 0 spiro atoms. The molecule has 2 aliphatic heterocycles. The summed E-state index contributed by atoms with van der Waals surface area (Å²) >= 11 is 0. The summed E-state index contributed by atoms with van der Waals surface area (Å²) in [6.07, 6.45) is 3.91. The maximum Gasteiger partial charge on any atom is 0.164 e. The summed E-state index contributed by atoms with van der Waals surface area (Å²) in [5.41, 5.74) is 3.59. The lowest BCUT2D eigenvalue weighted by Gasteiger charge is -2.46. The number of benzene rings is 1. The topological polar surface area (TPSA) is 63.1 Å². The Morgan fingerprint density at radius 1 is 1.36 bits per heavy atom. The highest BCUT2D eigenvalue weighted by Crippen LogP contribution is 2.52. The van der Waals surface area contributed by atoms with Crippen LogP contribution >= 0.6 is 0 Å². The number of allylic oxidation sites excluding steroid dienone is 2. The zero-order valence-corrected chi connectivity index (χ0v) is 14.9. The molecule has 1 aliphatic carbocycles. The average Bonchev–Trinajstić information content (AvgIpc) is 3.08. The predicted molar refractivity (Wildman–Crippen MR) is 95.3 cm³/mol. The van der Waals surface area contributed by atoms with E-state index in [4.69, 9.17) is 4.74 Å². The van der Waals surface area contributed by atoms with Crippen molar-refractivity contribution >= 4 is 5.78 Å². The molecule has 1 aromatic rings. The number of hydrogen-bond donors (Lipinski definition) is 1. The highest BCUT2D eigenvalue weighted by molar-refractivity contribution is 6.01. The van der Waals surface area contributed by atoms with Gasteiger partial charge in [0.25, 0.3) is 0 Å². The molecule has 0 amide bonds. The van der Waals surface area contributed by atoms with Crippen molar-refractivity contribution in [3.63, 3.8) is 0 Å². The number of ether oxygens (including phenoxy) is 1. The van der Waals surface area contributed by atoms with Gasteiger partial charge in [-0.1, -0.05) is 26.0 Å². The number of azo groups is 1. The maximum absolute atomic E-state index is 13.1. The van der Waals surface area contributed by atoms with Crippen molar-refractivity contribution in [2.75, 3.05) is 7.11 Å². The van der Waals surface area contributed by atoms with Crippen LogP contribution in [-0.4, -0.2) is 19.1 Å². The standard InChI is InChI=1S/C20H23N3O2/c1-4-20(13-6-5-7-14(10-13)25-3)15-11-21-23-19(15)22-16-8-12(2)9-17(24)18(16)20/h5-7,10-12,19,22H,4,8-9H2,1-3H3/t12-,19?,20-/m1/s1.